The van der Waals surface area contributed by atoms with E-state index < -0.39 is 11.4 Å². The van der Waals surface area contributed by atoms with Gasteiger partial charge in [-0.25, -0.2) is 4.79 Å². The van der Waals surface area contributed by atoms with Gasteiger partial charge in [-0.15, -0.1) is 0 Å². The van der Waals surface area contributed by atoms with E-state index in [1.807, 2.05) is 6.08 Å². The summed E-state index contributed by atoms with van der Waals surface area (Å²) in [6.45, 7) is 8.69. The molecule has 0 heterocycles. The Bertz CT molecular complexity index is 310. The maximum atomic E-state index is 11.5. The molecular formula is C14H24O4. The Hall–Kier alpha value is -1.32. The third kappa shape index (κ3) is 7.09. The zero-order valence-electron chi connectivity index (χ0n) is 12.0. The average Bonchev–Trinajstić information content (AvgIpc) is 2.27. The minimum absolute atomic E-state index is 0.326. The standard InChI is InChI=1S/C14H24O4/c1-6-7-8-9-11(2)12(15)17-10-18-13(16)14(3,4)5/h9H,6-8,10H2,1-5H3. The van der Waals surface area contributed by atoms with Crippen LogP contribution in [0.1, 0.15) is 53.9 Å². The Morgan fingerprint density at radius 1 is 1.17 bits per heavy atom. The number of hydrogen-bond donors (Lipinski definition) is 0. The Labute approximate surface area is 109 Å². The van der Waals surface area contributed by atoms with Gasteiger partial charge in [-0.3, -0.25) is 4.79 Å². The number of rotatable bonds is 6. The van der Waals surface area contributed by atoms with Crippen LogP contribution in [0.4, 0.5) is 0 Å². The molecule has 0 saturated carbocycles. The van der Waals surface area contributed by atoms with Crippen molar-refractivity contribution in [2.24, 2.45) is 5.41 Å². The van der Waals surface area contributed by atoms with Crippen LogP contribution in [-0.2, 0) is 19.1 Å². The molecule has 0 saturated heterocycles. The Morgan fingerprint density at radius 2 is 1.78 bits per heavy atom. The molecule has 0 atom stereocenters. The maximum absolute atomic E-state index is 11.5. The molecular weight excluding hydrogens is 232 g/mol. The van der Waals surface area contributed by atoms with Crippen molar-refractivity contribution in [3.05, 3.63) is 11.6 Å². The van der Waals surface area contributed by atoms with Crippen LogP contribution in [0.25, 0.3) is 0 Å². The molecule has 4 heteroatoms. The van der Waals surface area contributed by atoms with E-state index >= 15 is 0 Å². The van der Waals surface area contributed by atoms with Crippen molar-refractivity contribution in [1.82, 2.24) is 0 Å². The molecule has 0 fully saturated rings. The molecule has 0 spiro atoms. The number of unbranched alkanes of at least 4 members (excludes halogenated alkanes) is 2. The lowest BCUT2D eigenvalue weighted by Gasteiger charge is -2.16. The smallest absolute Gasteiger partial charge is 0.336 e. The minimum atomic E-state index is -0.585. The quantitative estimate of drug-likeness (QED) is 0.317. The first-order valence-corrected chi connectivity index (χ1v) is 6.30. The van der Waals surface area contributed by atoms with E-state index in [1.54, 1.807) is 27.7 Å². The molecule has 0 aromatic carbocycles. The van der Waals surface area contributed by atoms with Gasteiger partial charge in [-0.1, -0.05) is 25.8 Å². The summed E-state index contributed by atoms with van der Waals surface area (Å²) in [5.74, 6) is -0.823. The Balaban J connectivity index is 3.97. The Morgan fingerprint density at radius 3 is 2.28 bits per heavy atom. The number of carbonyl (C=O) groups excluding carboxylic acids is 2. The monoisotopic (exact) mass is 256 g/mol. The van der Waals surface area contributed by atoms with Gasteiger partial charge in [0.05, 0.1) is 5.41 Å². The molecule has 0 N–H and O–H groups in total. The van der Waals surface area contributed by atoms with Crippen molar-refractivity contribution < 1.29 is 19.1 Å². The van der Waals surface area contributed by atoms with Gasteiger partial charge in [0, 0.05) is 5.57 Å². The van der Waals surface area contributed by atoms with E-state index in [4.69, 9.17) is 9.47 Å². The fourth-order valence-corrected chi connectivity index (χ4v) is 1.07. The predicted octanol–water partition coefficient (Wildman–Crippen LogP) is 3.21. The highest BCUT2D eigenvalue weighted by molar-refractivity contribution is 5.87. The molecule has 0 rings (SSSR count). The maximum Gasteiger partial charge on any atom is 0.336 e. The van der Waals surface area contributed by atoms with Gasteiger partial charge in [0.15, 0.2) is 0 Å². The molecule has 18 heavy (non-hydrogen) atoms. The average molecular weight is 256 g/mol. The summed E-state index contributed by atoms with van der Waals surface area (Å²) in [7, 11) is 0. The second kappa shape index (κ2) is 7.90. The summed E-state index contributed by atoms with van der Waals surface area (Å²) in [5, 5.41) is 0. The molecule has 104 valence electrons. The third-order valence-electron chi connectivity index (χ3n) is 2.32. The van der Waals surface area contributed by atoms with Crippen LogP contribution in [0.15, 0.2) is 11.6 Å². The summed E-state index contributed by atoms with van der Waals surface area (Å²) in [4.78, 5) is 22.9. The molecule has 0 unspecified atom stereocenters. The zero-order valence-corrected chi connectivity index (χ0v) is 12.0. The number of esters is 2. The molecule has 0 aliphatic carbocycles. The first kappa shape index (κ1) is 16.7. The molecule has 4 nitrogen and oxygen atoms in total. The lowest BCUT2D eigenvalue weighted by molar-refractivity contribution is -0.171. The fraction of sp³-hybridized carbons (Fsp3) is 0.714. The van der Waals surface area contributed by atoms with E-state index in [2.05, 4.69) is 6.92 Å². The molecule has 0 aliphatic rings. The molecule has 0 aromatic rings. The van der Waals surface area contributed by atoms with Crippen LogP contribution < -0.4 is 0 Å². The first-order chi connectivity index (χ1) is 8.29. The zero-order chi connectivity index (χ0) is 14.2. The summed E-state index contributed by atoms with van der Waals surface area (Å²) >= 11 is 0. The highest BCUT2D eigenvalue weighted by Crippen LogP contribution is 2.15. The summed E-state index contributed by atoms with van der Waals surface area (Å²) < 4.78 is 9.69. The van der Waals surface area contributed by atoms with Crippen LogP contribution >= 0.6 is 0 Å². The molecule has 0 aliphatic heterocycles. The molecule has 0 aromatic heterocycles. The van der Waals surface area contributed by atoms with E-state index in [0.717, 1.165) is 19.3 Å². The van der Waals surface area contributed by atoms with Crippen molar-refractivity contribution in [3.63, 3.8) is 0 Å². The molecule has 0 amide bonds. The van der Waals surface area contributed by atoms with Gasteiger partial charge in [-0.2, -0.15) is 0 Å². The van der Waals surface area contributed by atoms with Crippen LogP contribution in [0.3, 0.4) is 0 Å². The number of hydrogen-bond acceptors (Lipinski definition) is 4. The summed E-state index contributed by atoms with van der Waals surface area (Å²) in [5.41, 5.74) is -0.0337. The van der Waals surface area contributed by atoms with E-state index in [-0.39, 0.29) is 12.8 Å². The largest absolute Gasteiger partial charge is 0.427 e. The van der Waals surface area contributed by atoms with Gasteiger partial charge < -0.3 is 9.47 Å². The lowest BCUT2D eigenvalue weighted by atomic mass is 9.98. The highest BCUT2D eigenvalue weighted by atomic mass is 16.7. The number of ether oxygens (including phenoxy) is 2. The normalized spacial score (nSPS) is 12.2. The third-order valence-corrected chi connectivity index (χ3v) is 2.32. The predicted molar refractivity (Wildman–Crippen MR) is 69.8 cm³/mol. The van der Waals surface area contributed by atoms with Gasteiger partial charge >= 0.3 is 11.9 Å². The van der Waals surface area contributed by atoms with Gasteiger partial charge in [0.25, 0.3) is 0 Å². The molecule has 0 bridgehead atoms. The van der Waals surface area contributed by atoms with Crippen LogP contribution in [-0.4, -0.2) is 18.7 Å². The first-order valence-electron chi connectivity index (χ1n) is 6.30. The summed E-state index contributed by atoms with van der Waals surface area (Å²) in [6, 6.07) is 0. The van der Waals surface area contributed by atoms with Crippen molar-refractivity contribution in [2.45, 2.75) is 53.9 Å². The van der Waals surface area contributed by atoms with Crippen LogP contribution in [0.5, 0.6) is 0 Å². The van der Waals surface area contributed by atoms with E-state index in [9.17, 15) is 9.59 Å². The second-order valence-corrected chi connectivity index (χ2v) is 5.26. The summed E-state index contributed by atoms with van der Waals surface area (Å²) in [6.07, 6.45) is 4.84. The van der Waals surface area contributed by atoms with Gasteiger partial charge in [0.2, 0.25) is 6.79 Å². The van der Waals surface area contributed by atoms with E-state index in [0.29, 0.717) is 5.57 Å². The van der Waals surface area contributed by atoms with Crippen molar-refractivity contribution in [1.29, 1.82) is 0 Å². The fourth-order valence-electron chi connectivity index (χ4n) is 1.07. The lowest BCUT2D eigenvalue weighted by Crippen LogP contribution is -2.24. The SMILES string of the molecule is CCCCC=C(C)C(=O)OCOC(=O)C(C)(C)C. The van der Waals surface area contributed by atoms with Crippen LogP contribution in [0, 0.1) is 5.41 Å². The highest BCUT2D eigenvalue weighted by Gasteiger charge is 2.23. The van der Waals surface area contributed by atoms with Gasteiger partial charge in [0.1, 0.15) is 0 Å². The van der Waals surface area contributed by atoms with Crippen molar-refractivity contribution >= 4 is 11.9 Å². The minimum Gasteiger partial charge on any atom is -0.427 e. The topological polar surface area (TPSA) is 52.6 Å². The second-order valence-electron chi connectivity index (χ2n) is 5.26. The van der Waals surface area contributed by atoms with Crippen molar-refractivity contribution in [3.8, 4) is 0 Å². The Kier molecular flexibility index (Phi) is 7.32. The number of carbonyl (C=O) groups is 2. The van der Waals surface area contributed by atoms with Crippen LogP contribution in [0.2, 0.25) is 0 Å². The van der Waals surface area contributed by atoms with Gasteiger partial charge in [-0.05, 0) is 34.1 Å². The molecule has 0 radical (unpaired) electrons. The number of allylic oxidation sites excluding steroid dienone is 1. The van der Waals surface area contributed by atoms with Crippen molar-refractivity contribution in [2.75, 3.05) is 6.79 Å². The van der Waals surface area contributed by atoms with E-state index in [1.165, 1.54) is 0 Å².